The Morgan fingerprint density at radius 3 is 2.35 bits per heavy atom. The zero-order chi connectivity index (χ0) is 14.7. The lowest BCUT2D eigenvalue weighted by Gasteiger charge is -2.12. The third-order valence-corrected chi connectivity index (χ3v) is 3.37. The van der Waals surface area contributed by atoms with Gasteiger partial charge < -0.3 is 14.9 Å². The maximum Gasteiger partial charge on any atom is 0.163 e. The maximum atomic E-state index is 5.41. The summed E-state index contributed by atoms with van der Waals surface area (Å²) >= 11 is 3.49. The van der Waals surface area contributed by atoms with E-state index in [0.717, 1.165) is 15.7 Å². The van der Waals surface area contributed by atoms with Crippen LogP contribution in [0.4, 0.5) is 5.82 Å². The van der Waals surface area contributed by atoms with Gasteiger partial charge >= 0.3 is 0 Å². The van der Waals surface area contributed by atoms with Crippen molar-refractivity contribution < 1.29 is 9.47 Å². The zero-order valence-electron chi connectivity index (χ0n) is 11.4. The SMILES string of the molecule is COc1cc(Br)c(-c2nc(C)cc(NN)n2)cc1OC. The molecule has 0 saturated carbocycles. The number of methoxy groups -OCH3 is 2. The Hall–Kier alpha value is -1.86. The van der Waals surface area contributed by atoms with Crippen molar-refractivity contribution in [1.29, 1.82) is 0 Å². The van der Waals surface area contributed by atoms with Crippen LogP contribution in [0.2, 0.25) is 0 Å². The van der Waals surface area contributed by atoms with Crippen molar-refractivity contribution in [2.24, 2.45) is 5.84 Å². The van der Waals surface area contributed by atoms with Crippen molar-refractivity contribution in [2.75, 3.05) is 19.6 Å². The van der Waals surface area contributed by atoms with Crippen LogP contribution < -0.4 is 20.7 Å². The highest BCUT2D eigenvalue weighted by molar-refractivity contribution is 9.10. The van der Waals surface area contributed by atoms with Crippen molar-refractivity contribution in [3.05, 3.63) is 28.4 Å². The zero-order valence-corrected chi connectivity index (χ0v) is 13.0. The van der Waals surface area contributed by atoms with E-state index in [9.17, 15) is 0 Å². The molecule has 0 atom stereocenters. The van der Waals surface area contributed by atoms with Gasteiger partial charge in [0.1, 0.15) is 5.82 Å². The van der Waals surface area contributed by atoms with E-state index in [-0.39, 0.29) is 0 Å². The Kier molecular flexibility index (Phi) is 4.41. The molecular formula is C13H15BrN4O2. The number of aryl methyl sites for hydroxylation is 1. The molecule has 2 aromatic rings. The summed E-state index contributed by atoms with van der Waals surface area (Å²) in [5.41, 5.74) is 4.13. The average molecular weight is 339 g/mol. The smallest absolute Gasteiger partial charge is 0.163 e. The number of hydrogen-bond donors (Lipinski definition) is 2. The third-order valence-electron chi connectivity index (χ3n) is 2.72. The van der Waals surface area contributed by atoms with E-state index >= 15 is 0 Å². The lowest BCUT2D eigenvalue weighted by Crippen LogP contribution is -2.10. The van der Waals surface area contributed by atoms with Crippen LogP contribution in [-0.4, -0.2) is 24.2 Å². The molecule has 0 bridgehead atoms. The first kappa shape index (κ1) is 14.5. The van der Waals surface area contributed by atoms with Crippen molar-refractivity contribution >= 4 is 21.7 Å². The minimum absolute atomic E-state index is 0.547. The number of benzene rings is 1. The fourth-order valence-electron chi connectivity index (χ4n) is 1.79. The van der Waals surface area contributed by atoms with Crippen molar-refractivity contribution in [1.82, 2.24) is 9.97 Å². The first-order valence-corrected chi connectivity index (χ1v) is 6.62. The quantitative estimate of drug-likeness (QED) is 0.658. The number of nitrogens with zero attached hydrogens (tertiary/aromatic N) is 2. The van der Waals surface area contributed by atoms with Crippen LogP contribution in [0.5, 0.6) is 11.5 Å². The molecule has 0 radical (unpaired) electrons. The molecule has 1 aromatic heterocycles. The lowest BCUT2D eigenvalue weighted by atomic mass is 10.2. The van der Waals surface area contributed by atoms with E-state index < -0.39 is 0 Å². The summed E-state index contributed by atoms with van der Waals surface area (Å²) in [5, 5.41) is 0. The van der Waals surface area contributed by atoms with Gasteiger partial charge in [0, 0.05) is 21.8 Å². The summed E-state index contributed by atoms with van der Waals surface area (Å²) in [6, 6.07) is 5.39. The number of halogens is 1. The number of hydrazine groups is 1. The molecule has 20 heavy (non-hydrogen) atoms. The monoisotopic (exact) mass is 338 g/mol. The third kappa shape index (κ3) is 2.83. The molecule has 3 N–H and O–H groups in total. The van der Waals surface area contributed by atoms with E-state index in [0.29, 0.717) is 23.1 Å². The van der Waals surface area contributed by atoms with Crippen LogP contribution in [0.25, 0.3) is 11.4 Å². The summed E-state index contributed by atoms with van der Waals surface area (Å²) in [5.74, 6) is 7.75. The summed E-state index contributed by atoms with van der Waals surface area (Å²) in [7, 11) is 3.17. The molecule has 0 unspecified atom stereocenters. The molecule has 1 aromatic carbocycles. The lowest BCUT2D eigenvalue weighted by molar-refractivity contribution is 0.355. The minimum atomic E-state index is 0.547. The standard InChI is InChI=1S/C13H15BrN4O2/c1-7-4-12(18-15)17-13(16-7)8-5-10(19-2)11(20-3)6-9(8)14/h4-6H,15H2,1-3H3,(H,16,17,18). The first-order chi connectivity index (χ1) is 9.58. The molecule has 0 aliphatic heterocycles. The number of rotatable bonds is 4. The first-order valence-electron chi connectivity index (χ1n) is 5.83. The van der Waals surface area contributed by atoms with Crippen LogP contribution in [0.1, 0.15) is 5.69 Å². The van der Waals surface area contributed by atoms with Crippen molar-refractivity contribution in [3.63, 3.8) is 0 Å². The molecule has 2 rings (SSSR count). The fourth-order valence-corrected chi connectivity index (χ4v) is 2.29. The van der Waals surface area contributed by atoms with Gasteiger partial charge in [0.15, 0.2) is 17.3 Å². The van der Waals surface area contributed by atoms with Crippen molar-refractivity contribution in [2.45, 2.75) is 6.92 Å². The largest absolute Gasteiger partial charge is 0.493 e. The number of anilines is 1. The topological polar surface area (TPSA) is 82.3 Å². The second kappa shape index (κ2) is 6.06. The number of ether oxygens (including phenoxy) is 2. The number of hydrogen-bond acceptors (Lipinski definition) is 6. The van der Waals surface area contributed by atoms with E-state index in [4.69, 9.17) is 15.3 Å². The van der Waals surface area contributed by atoms with Gasteiger partial charge in [0.25, 0.3) is 0 Å². The Morgan fingerprint density at radius 1 is 1.10 bits per heavy atom. The molecule has 0 fully saturated rings. The van der Waals surface area contributed by atoms with Gasteiger partial charge in [-0.15, -0.1) is 0 Å². The molecule has 6 nitrogen and oxygen atoms in total. The van der Waals surface area contributed by atoms with E-state index in [1.165, 1.54) is 0 Å². The van der Waals surface area contributed by atoms with Gasteiger partial charge in [0.2, 0.25) is 0 Å². The number of aromatic nitrogens is 2. The summed E-state index contributed by atoms with van der Waals surface area (Å²) in [4.78, 5) is 8.75. The molecule has 7 heteroatoms. The van der Waals surface area contributed by atoms with E-state index in [1.807, 2.05) is 19.1 Å². The van der Waals surface area contributed by atoms with Gasteiger partial charge in [-0.25, -0.2) is 15.8 Å². The molecule has 0 aliphatic carbocycles. The Labute approximate surface area is 125 Å². The highest BCUT2D eigenvalue weighted by atomic mass is 79.9. The van der Waals surface area contributed by atoms with Gasteiger partial charge in [-0.1, -0.05) is 0 Å². The minimum Gasteiger partial charge on any atom is -0.493 e. The van der Waals surface area contributed by atoms with Gasteiger partial charge in [-0.05, 0) is 35.0 Å². The highest BCUT2D eigenvalue weighted by Gasteiger charge is 2.14. The Morgan fingerprint density at radius 2 is 1.75 bits per heavy atom. The Bertz CT molecular complexity index is 634. The molecule has 0 spiro atoms. The summed E-state index contributed by atoms with van der Waals surface area (Å²) in [6.07, 6.45) is 0. The normalized spacial score (nSPS) is 10.2. The predicted octanol–water partition coefficient (Wildman–Crippen LogP) is 2.52. The molecule has 106 valence electrons. The van der Waals surface area contributed by atoms with E-state index in [1.54, 1.807) is 20.3 Å². The van der Waals surface area contributed by atoms with Gasteiger partial charge in [0.05, 0.1) is 14.2 Å². The van der Waals surface area contributed by atoms with Crippen LogP contribution in [-0.2, 0) is 0 Å². The maximum absolute atomic E-state index is 5.41. The van der Waals surface area contributed by atoms with Crippen LogP contribution in [0.15, 0.2) is 22.7 Å². The Balaban J connectivity index is 2.60. The molecule has 0 amide bonds. The van der Waals surface area contributed by atoms with Gasteiger partial charge in [-0.2, -0.15) is 0 Å². The van der Waals surface area contributed by atoms with Crippen LogP contribution >= 0.6 is 15.9 Å². The van der Waals surface area contributed by atoms with E-state index in [2.05, 4.69) is 31.3 Å². The molecule has 0 aliphatic rings. The predicted molar refractivity (Wildman–Crippen MR) is 80.8 cm³/mol. The van der Waals surface area contributed by atoms with Crippen LogP contribution in [0, 0.1) is 6.92 Å². The second-order valence-electron chi connectivity index (χ2n) is 4.05. The average Bonchev–Trinajstić information content (AvgIpc) is 2.46. The highest BCUT2D eigenvalue weighted by Crippen LogP contribution is 2.37. The summed E-state index contributed by atoms with van der Waals surface area (Å²) < 4.78 is 11.4. The molecular weight excluding hydrogens is 324 g/mol. The number of nitrogen functional groups attached to an aromatic ring is 1. The molecule has 0 saturated heterocycles. The van der Waals surface area contributed by atoms with Crippen LogP contribution in [0.3, 0.4) is 0 Å². The van der Waals surface area contributed by atoms with Gasteiger partial charge in [-0.3, -0.25) is 0 Å². The molecule has 1 heterocycles. The number of nitrogens with one attached hydrogen (secondary N) is 1. The second-order valence-corrected chi connectivity index (χ2v) is 4.90. The summed E-state index contributed by atoms with van der Waals surface area (Å²) in [6.45, 7) is 1.88. The number of nitrogens with two attached hydrogens (primary N) is 1. The fraction of sp³-hybridized carbons (Fsp3) is 0.231. The van der Waals surface area contributed by atoms with Crippen molar-refractivity contribution in [3.8, 4) is 22.9 Å².